The fourth-order valence-electron chi connectivity index (χ4n) is 9.87. The number of carbonyl (C=O) groups excluding carboxylic acids is 1. The van der Waals surface area contributed by atoms with Crippen molar-refractivity contribution in [1.29, 1.82) is 0 Å². The molecule has 0 heterocycles. The normalized spacial score (nSPS) is 57.0. The van der Waals surface area contributed by atoms with Crippen molar-refractivity contribution >= 4 is 5.78 Å². The van der Waals surface area contributed by atoms with Gasteiger partial charge in [-0.2, -0.15) is 0 Å². The maximum absolute atomic E-state index is 12.6. The van der Waals surface area contributed by atoms with E-state index in [9.17, 15) is 4.79 Å². The van der Waals surface area contributed by atoms with E-state index in [0.29, 0.717) is 39.3 Å². The number of allylic oxidation sites excluding steroid dienone is 2. The lowest BCUT2D eigenvalue weighted by Crippen LogP contribution is -2.63. The molecule has 5 aliphatic carbocycles. The first kappa shape index (κ1) is 21.3. The molecule has 0 N–H and O–H groups in total. The van der Waals surface area contributed by atoms with E-state index in [1.807, 2.05) is 0 Å². The van der Waals surface area contributed by atoms with Crippen LogP contribution in [0, 0.1) is 56.7 Å². The summed E-state index contributed by atoms with van der Waals surface area (Å²) in [5.74, 6) is 3.79. The van der Waals surface area contributed by atoms with Gasteiger partial charge >= 0.3 is 0 Å². The van der Waals surface area contributed by atoms with Gasteiger partial charge < -0.3 is 0 Å². The molecule has 9 atom stereocenters. The first-order chi connectivity index (χ1) is 13.9. The van der Waals surface area contributed by atoms with Crippen LogP contribution >= 0.6 is 0 Å². The lowest BCUT2D eigenvalue weighted by Gasteiger charge is -2.70. The third-order valence-electron chi connectivity index (χ3n) is 12.6. The van der Waals surface area contributed by atoms with E-state index in [1.165, 1.54) is 44.9 Å². The van der Waals surface area contributed by atoms with Crippen molar-refractivity contribution in [2.24, 2.45) is 56.7 Å². The summed E-state index contributed by atoms with van der Waals surface area (Å²) in [6.45, 7) is 17.7. The van der Waals surface area contributed by atoms with Crippen LogP contribution in [0.1, 0.15) is 106 Å². The van der Waals surface area contributed by atoms with E-state index in [-0.39, 0.29) is 11.3 Å². The zero-order valence-corrected chi connectivity index (χ0v) is 20.8. The molecule has 0 unspecified atom stereocenters. The summed E-state index contributed by atoms with van der Waals surface area (Å²) < 4.78 is 0. The molecule has 4 fully saturated rings. The highest BCUT2D eigenvalue weighted by Crippen LogP contribution is 2.73. The van der Waals surface area contributed by atoms with E-state index < -0.39 is 0 Å². The Morgan fingerprint density at radius 2 is 1.57 bits per heavy atom. The maximum atomic E-state index is 12.6. The topological polar surface area (TPSA) is 17.1 Å². The van der Waals surface area contributed by atoms with Gasteiger partial charge in [-0.15, -0.1) is 0 Å². The molecule has 0 radical (unpaired) electrons. The molecular formula is C29H46O. The van der Waals surface area contributed by atoms with Crippen LogP contribution in [-0.4, -0.2) is 5.78 Å². The molecule has 0 aromatic rings. The highest BCUT2D eigenvalue weighted by atomic mass is 16.1. The largest absolute Gasteiger partial charge is 0.299 e. The molecule has 1 heteroatoms. The fraction of sp³-hybridized carbons (Fsp3) is 0.897. The van der Waals surface area contributed by atoms with Gasteiger partial charge in [-0.1, -0.05) is 60.6 Å². The van der Waals surface area contributed by atoms with Gasteiger partial charge in [0.1, 0.15) is 5.78 Å². The Hall–Kier alpha value is -0.590. The van der Waals surface area contributed by atoms with Crippen molar-refractivity contribution in [1.82, 2.24) is 0 Å². The number of ketones is 1. The van der Waals surface area contributed by atoms with Crippen LogP contribution in [-0.2, 0) is 4.79 Å². The van der Waals surface area contributed by atoms with Crippen molar-refractivity contribution in [3.63, 3.8) is 0 Å². The Morgan fingerprint density at radius 1 is 0.867 bits per heavy atom. The van der Waals surface area contributed by atoms with Crippen molar-refractivity contribution < 1.29 is 4.79 Å². The molecule has 5 aliphatic rings. The number of hydrogen-bond acceptors (Lipinski definition) is 1. The van der Waals surface area contributed by atoms with Gasteiger partial charge in [0.2, 0.25) is 0 Å². The molecule has 5 rings (SSSR count). The van der Waals surface area contributed by atoms with Crippen molar-refractivity contribution in [2.75, 3.05) is 0 Å². The fourth-order valence-corrected chi connectivity index (χ4v) is 9.87. The van der Waals surface area contributed by atoms with Crippen LogP contribution in [0.3, 0.4) is 0 Å². The summed E-state index contributed by atoms with van der Waals surface area (Å²) in [7, 11) is 0. The molecule has 0 saturated heterocycles. The number of hydrogen-bond donors (Lipinski definition) is 0. The van der Waals surface area contributed by atoms with Gasteiger partial charge in [-0.3, -0.25) is 4.79 Å². The van der Waals surface area contributed by atoms with Crippen LogP contribution in [0.5, 0.6) is 0 Å². The monoisotopic (exact) mass is 410 g/mol. The minimum absolute atomic E-state index is 0.223. The molecule has 30 heavy (non-hydrogen) atoms. The zero-order chi connectivity index (χ0) is 21.7. The summed E-state index contributed by atoms with van der Waals surface area (Å²) >= 11 is 0. The minimum Gasteiger partial charge on any atom is -0.299 e. The van der Waals surface area contributed by atoms with E-state index in [4.69, 9.17) is 0 Å². The Labute approximate surface area is 185 Å². The van der Waals surface area contributed by atoms with E-state index in [0.717, 1.165) is 24.7 Å². The minimum atomic E-state index is 0.223. The second-order valence-corrected chi connectivity index (χ2v) is 14.2. The van der Waals surface area contributed by atoms with Crippen LogP contribution in [0.25, 0.3) is 0 Å². The molecule has 1 nitrogen and oxygen atoms in total. The van der Waals surface area contributed by atoms with Gasteiger partial charge in [-0.05, 0) is 102 Å². The summed E-state index contributed by atoms with van der Waals surface area (Å²) in [4.78, 5) is 12.6. The molecule has 4 saturated carbocycles. The predicted molar refractivity (Wildman–Crippen MR) is 125 cm³/mol. The van der Waals surface area contributed by atoms with Crippen LogP contribution in [0.2, 0.25) is 0 Å². The lowest BCUT2D eigenvalue weighted by atomic mass is 9.34. The van der Waals surface area contributed by atoms with E-state index in [1.54, 1.807) is 0 Å². The SMILES string of the molecule is C[C@H]1C(=O)CC[C@H]2[C@@H]3C=C[C@@]4(C)[C@@H]5CC(C)(C)CC[C@]5(C)CC[C@]4(C)[C@H]3CC[C@]12C. The van der Waals surface area contributed by atoms with Gasteiger partial charge in [0.25, 0.3) is 0 Å². The molecule has 0 spiro atoms. The Kier molecular flexibility index (Phi) is 4.43. The smallest absolute Gasteiger partial charge is 0.136 e. The molecule has 0 aliphatic heterocycles. The molecule has 0 aromatic carbocycles. The Bertz CT molecular complexity index is 777. The number of carbonyl (C=O) groups is 1. The van der Waals surface area contributed by atoms with E-state index in [2.05, 4.69) is 60.6 Å². The first-order valence-corrected chi connectivity index (χ1v) is 13.1. The summed E-state index contributed by atoms with van der Waals surface area (Å²) in [6.07, 6.45) is 17.0. The third-order valence-corrected chi connectivity index (χ3v) is 12.6. The van der Waals surface area contributed by atoms with Gasteiger partial charge in [0.05, 0.1) is 0 Å². The summed E-state index contributed by atoms with van der Waals surface area (Å²) in [6, 6.07) is 0. The highest BCUT2D eigenvalue weighted by molar-refractivity contribution is 5.82. The number of rotatable bonds is 0. The van der Waals surface area contributed by atoms with Crippen molar-refractivity contribution in [2.45, 2.75) is 106 Å². The number of fused-ring (bicyclic) bond motifs is 7. The lowest BCUT2D eigenvalue weighted by molar-refractivity contribution is -0.184. The standard InChI is InChI=1S/C29H46O/c1-19-23(30)9-8-21-20-10-13-29(7)24-18-25(2,3)14-15-26(24,4)16-17-28(29,6)22(20)11-12-27(19,21)5/h10,13,19-22,24H,8-9,11-12,14-18H2,1-7H3/t19-,20-,21-,22-,24+,26+,27+,28+,29-/m0/s1. The van der Waals surface area contributed by atoms with Gasteiger partial charge in [0, 0.05) is 12.3 Å². The molecular weight excluding hydrogens is 364 g/mol. The zero-order valence-electron chi connectivity index (χ0n) is 20.8. The van der Waals surface area contributed by atoms with E-state index >= 15 is 0 Å². The van der Waals surface area contributed by atoms with Crippen LogP contribution in [0.15, 0.2) is 12.2 Å². The van der Waals surface area contributed by atoms with Gasteiger partial charge in [0.15, 0.2) is 0 Å². The quantitative estimate of drug-likeness (QED) is 0.372. The number of Topliss-reactive ketones (excluding diaryl/α,β-unsaturated/α-hetero) is 1. The highest BCUT2D eigenvalue weighted by Gasteiger charge is 2.66. The van der Waals surface area contributed by atoms with Crippen LogP contribution in [0.4, 0.5) is 0 Å². The molecule has 168 valence electrons. The third kappa shape index (κ3) is 2.56. The first-order valence-electron chi connectivity index (χ1n) is 13.1. The average molecular weight is 411 g/mol. The summed E-state index contributed by atoms with van der Waals surface area (Å²) in [5, 5.41) is 0. The second-order valence-electron chi connectivity index (χ2n) is 14.2. The Morgan fingerprint density at radius 3 is 2.30 bits per heavy atom. The predicted octanol–water partition coefficient (Wildman–Crippen LogP) is 7.84. The molecule has 0 bridgehead atoms. The van der Waals surface area contributed by atoms with Crippen molar-refractivity contribution in [3.8, 4) is 0 Å². The van der Waals surface area contributed by atoms with Gasteiger partial charge in [-0.25, -0.2) is 0 Å². The average Bonchev–Trinajstić information content (AvgIpc) is 2.68. The van der Waals surface area contributed by atoms with Crippen LogP contribution < -0.4 is 0 Å². The summed E-state index contributed by atoms with van der Waals surface area (Å²) in [5.41, 5.74) is 1.97. The molecule has 0 amide bonds. The second kappa shape index (κ2) is 6.26. The molecule has 0 aromatic heterocycles. The van der Waals surface area contributed by atoms with Crippen molar-refractivity contribution in [3.05, 3.63) is 12.2 Å². The maximum Gasteiger partial charge on any atom is 0.136 e. The Balaban J connectivity index is 1.56.